The minimum atomic E-state index is -0.466. The van der Waals surface area contributed by atoms with Gasteiger partial charge in [0.05, 0.1) is 12.7 Å². The van der Waals surface area contributed by atoms with E-state index in [4.69, 9.17) is 10.6 Å². The monoisotopic (exact) mass is 289 g/mol. The van der Waals surface area contributed by atoms with Gasteiger partial charge in [0, 0.05) is 0 Å². The van der Waals surface area contributed by atoms with E-state index >= 15 is 0 Å². The molecule has 0 bridgehead atoms. The molecule has 7 heteroatoms. The molecule has 0 aliphatic heterocycles. The molecule has 0 spiro atoms. The minimum Gasteiger partial charge on any atom is -0.492 e. The van der Waals surface area contributed by atoms with E-state index in [9.17, 15) is 4.79 Å². The zero-order valence-electron chi connectivity index (χ0n) is 12.1. The first-order valence-corrected chi connectivity index (χ1v) is 6.74. The molecule has 21 heavy (non-hydrogen) atoms. The lowest BCUT2D eigenvalue weighted by atomic mass is 10.0. The molecule has 0 saturated carbocycles. The van der Waals surface area contributed by atoms with Gasteiger partial charge in [-0.1, -0.05) is 31.2 Å². The van der Waals surface area contributed by atoms with Crippen LogP contribution in [-0.4, -0.2) is 27.5 Å². The fraction of sp³-hybridized carbons (Fsp3) is 0.357. The van der Waals surface area contributed by atoms with Crippen LogP contribution in [0.1, 0.15) is 35.8 Å². The molecular formula is C14H19N5O2. The molecule has 2 rings (SSSR count). The van der Waals surface area contributed by atoms with Gasteiger partial charge in [-0.05, 0) is 23.6 Å². The summed E-state index contributed by atoms with van der Waals surface area (Å²) < 4.78 is 7.22. The van der Waals surface area contributed by atoms with E-state index in [1.54, 1.807) is 0 Å². The summed E-state index contributed by atoms with van der Waals surface area (Å²) in [5.41, 5.74) is 3.42. The highest BCUT2D eigenvalue weighted by Crippen LogP contribution is 2.19. The van der Waals surface area contributed by atoms with Crippen molar-refractivity contribution in [2.75, 3.05) is 6.61 Å². The Bertz CT molecular complexity index is 609. The number of nitrogens with one attached hydrogen (secondary N) is 1. The number of rotatable bonds is 6. The smallest absolute Gasteiger partial charge is 0.287 e. The summed E-state index contributed by atoms with van der Waals surface area (Å²) in [7, 11) is 0. The number of benzene rings is 1. The number of hydrazine groups is 1. The summed E-state index contributed by atoms with van der Waals surface area (Å²) in [5, 5.41) is 7.55. The summed E-state index contributed by atoms with van der Waals surface area (Å²) in [6.45, 7) is 5.21. The molecule has 0 aliphatic rings. The predicted octanol–water partition coefficient (Wildman–Crippen LogP) is 1.08. The van der Waals surface area contributed by atoms with Crippen LogP contribution in [0.15, 0.2) is 30.5 Å². The van der Waals surface area contributed by atoms with E-state index in [0.717, 1.165) is 5.75 Å². The fourth-order valence-corrected chi connectivity index (χ4v) is 1.81. The van der Waals surface area contributed by atoms with Crippen molar-refractivity contribution in [3.63, 3.8) is 0 Å². The van der Waals surface area contributed by atoms with Crippen molar-refractivity contribution in [2.45, 2.75) is 26.3 Å². The number of hydrogen-bond acceptors (Lipinski definition) is 5. The van der Waals surface area contributed by atoms with E-state index in [2.05, 4.69) is 30.2 Å². The van der Waals surface area contributed by atoms with Gasteiger partial charge in [0.1, 0.15) is 12.4 Å². The molecule has 7 nitrogen and oxygen atoms in total. The number of nitrogens with zero attached hydrogens (tertiary/aromatic N) is 3. The van der Waals surface area contributed by atoms with Crippen LogP contribution < -0.4 is 16.0 Å². The highest BCUT2D eigenvalue weighted by Gasteiger charge is 2.08. The highest BCUT2D eigenvalue weighted by atomic mass is 16.5. The second kappa shape index (κ2) is 6.85. The maximum Gasteiger partial charge on any atom is 0.287 e. The van der Waals surface area contributed by atoms with Gasteiger partial charge < -0.3 is 4.74 Å². The van der Waals surface area contributed by atoms with Gasteiger partial charge in [0.25, 0.3) is 5.91 Å². The van der Waals surface area contributed by atoms with Crippen molar-refractivity contribution in [3.05, 3.63) is 41.7 Å². The van der Waals surface area contributed by atoms with Crippen LogP contribution in [0, 0.1) is 0 Å². The molecule has 0 fully saturated rings. The standard InChI is InChI=1S/C14H19N5O2/c1-10(2)11-4-3-5-12(8-11)21-7-6-19-9-13(17-18-19)14(20)16-15/h3-5,8-10H,6-7,15H2,1-2H3,(H,16,20). The SMILES string of the molecule is CC(C)c1cccc(OCCn2cc(C(=O)NN)nn2)c1. The first kappa shape index (κ1) is 15.0. The Kier molecular flexibility index (Phi) is 4.89. The third kappa shape index (κ3) is 4.03. The molecule has 0 aliphatic carbocycles. The quantitative estimate of drug-likeness (QED) is 0.471. The Morgan fingerprint density at radius 2 is 2.29 bits per heavy atom. The van der Waals surface area contributed by atoms with E-state index < -0.39 is 5.91 Å². The first-order chi connectivity index (χ1) is 10.1. The van der Waals surface area contributed by atoms with E-state index in [-0.39, 0.29) is 5.69 Å². The Balaban J connectivity index is 1.88. The van der Waals surface area contributed by atoms with Crippen molar-refractivity contribution < 1.29 is 9.53 Å². The Hall–Kier alpha value is -2.41. The van der Waals surface area contributed by atoms with Crippen LogP contribution in [0.2, 0.25) is 0 Å². The van der Waals surface area contributed by atoms with Crippen molar-refractivity contribution in [1.82, 2.24) is 20.4 Å². The van der Waals surface area contributed by atoms with Gasteiger partial charge in [-0.2, -0.15) is 0 Å². The van der Waals surface area contributed by atoms with E-state index in [0.29, 0.717) is 19.1 Å². The van der Waals surface area contributed by atoms with Gasteiger partial charge in [-0.3, -0.25) is 10.2 Å². The summed E-state index contributed by atoms with van der Waals surface area (Å²) in [6, 6.07) is 8.00. The predicted molar refractivity (Wildman–Crippen MR) is 77.7 cm³/mol. The van der Waals surface area contributed by atoms with Gasteiger partial charge in [0.2, 0.25) is 0 Å². The first-order valence-electron chi connectivity index (χ1n) is 6.74. The maximum atomic E-state index is 11.2. The van der Waals surface area contributed by atoms with Gasteiger partial charge in [-0.15, -0.1) is 5.10 Å². The van der Waals surface area contributed by atoms with Gasteiger partial charge >= 0.3 is 0 Å². The van der Waals surface area contributed by atoms with Crippen LogP contribution >= 0.6 is 0 Å². The second-order valence-electron chi connectivity index (χ2n) is 4.92. The van der Waals surface area contributed by atoms with E-state index in [1.165, 1.54) is 16.4 Å². The van der Waals surface area contributed by atoms with Gasteiger partial charge in [0.15, 0.2) is 5.69 Å². The average molecular weight is 289 g/mol. The molecule has 3 N–H and O–H groups in total. The van der Waals surface area contributed by atoms with Crippen molar-refractivity contribution in [2.24, 2.45) is 5.84 Å². The minimum absolute atomic E-state index is 0.180. The molecule has 1 aromatic carbocycles. The topological polar surface area (TPSA) is 95.1 Å². The van der Waals surface area contributed by atoms with Crippen LogP contribution in [-0.2, 0) is 6.54 Å². The zero-order chi connectivity index (χ0) is 15.2. The molecule has 1 aromatic heterocycles. The molecular weight excluding hydrogens is 270 g/mol. The third-order valence-corrected chi connectivity index (χ3v) is 3.02. The molecule has 1 heterocycles. The summed E-state index contributed by atoms with van der Waals surface area (Å²) >= 11 is 0. The Morgan fingerprint density at radius 3 is 3.00 bits per heavy atom. The summed E-state index contributed by atoms with van der Waals surface area (Å²) in [5.74, 6) is 5.84. The highest BCUT2D eigenvalue weighted by molar-refractivity contribution is 5.91. The zero-order valence-corrected chi connectivity index (χ0v) is 12.1. The third-order valence-electron chi connectivity index (χ3n) is 3.02. The number of carbonyl (C=O) groups is 1. The molecule has 0 atom stereocenters. The normalized spacial score (nSPS) is 10.7. The Labute approximate surface area is 123 Å². The van der Waals surface area contributed by atoms with E-state index in [1.807, 2.05) is 23.6 Å². The average Bonchev–Trinajstić information content (AvgIpc) is 2.95. The molecule has 2 aromatic rings. The Morgan fingerprint density at radius 1 is 1.48 bits per heavy atom. The lowest BCUT2D eigenvalue weighted by Crippen LogP contribution is -2.30. The molecule has 0 unspecified atom stereocenters. The molecule has 112 valence electrons. The number of aromatic nitrogens is 3. The summed E-state index contributed by atoms with van der Waals surface area (Å²) in [4.78, 5) is 11.2. The fourth-order valence-electron chi connectivity index (χ4n) is 1.81. The largest absolute Gasteiger partial charge is 0.492 e. The lowest BCUT2D eigenvalue weighted by molar-refractivity contribution is 0.0948. The van der Waals surface area contributed by atoms with Crippen molar-refractivity contribution in [1.29, 1.82) is 0 Å². The number of nitrogen functional groups attached to an aromatic ring is 1. The number of ether oxygens (including phenoxy) is 1. The molecule has 1 amide bonds. The van der Waals surface area contributed by atoms with Crippen molar-refractivity contribution >= 4 is 5.91 Å². The number of carbonyl (C=O) groups excluding carboxylic acids is 1. The van der Waals surface area contributed by atoms with Crippen LogP contribution in [0.4, 0.5) is 0 Å². The number of hydrogen-bond donors (Lipinski definition) is 2. The molecule has 0 radical (unpaired) electrons. The van der Waals surface area contributed by atoms with Crippen molar-refractivity contribution in [3.8, 4) is 5.75 Å². The van der Waals surface area contributed by atoms with Gasteiger partial charge in [-0.25, -0.2) is 10.5 Å². The lowest BCUT2D eigenvalue weighted by Gasteiger charge is -2.09. The van der Waals surface area contributed by atoms with Crippen LogP contribution in [0.5, 0.6) is 5.75 Å². The molecule has 0 saturated heterocycles. The van der Waals surface area contributed by atoms with Crippen LogP contribution in [0.25, 0.3) is 0 Å². The summed E-state index contributed by atoms with van der Waals surface area (Å²) in [6.07, 6.45) is 1.52. The second-order valence-corrected chi connectivity index (χ2v) is 4.92. The number of nitrogens with two attached hydrogens (primary N) is 1. The maximum absolute atomic E-state index is 11.2. The van der Waals surface area contributed by atoms with Crippen LogP contribution in [0.3, 0.4) is 0 Å². The number of amides is 1.